The van der Waals surface area contributed by atoms with Gasteiger partial charge in [-0.1, -0.05) is 23.2 Å². The molecule has 1 aromatic carbocycles. The van der Waals surface area contributed by atoms with Crippen LogP contribution in [0.3, 0.4) is 0 Å². The highest BCUT2D eigenvalue weighted by atomic mass is 35.5. The van der Waals surface area contributed by atoms with Crippen LogP contribution in [0.1, 0.15) is 16.2 Å². The second kappa shape index (κ2) is 9.21. The molecule has 0 radical (unpaired) electrons. The van der Waals surface area contributed by atoms with Crippen LogP contribution in [0.2, 0.25) is 10.0 Å². The fourth-order valence-corrected chi connectivity index (χ4v) is 3.14. The van der Waals surface area contributed by atoms with Gasteiger partial charge in [0.15, 0.2) is 0 Å². The van der Waals surface area contributed by atoms with Crippen LogP contribution < -0.4 is 15.0 Å². The number of carbonyl (C=O) groups excluding carboxylic acids is 1. The number of amides is 1. The van der Waals surface area contributed by atoms with E-state index in [2.05, 4.69) is 20.2 Å². The summed E-state index contributed by atoms with van der Waals surface area (Å²) >= 11 is 11.9. The van der Waals surface area contributed by atoms with Crippen molar-refractivity contribution in [2.24, 2.45) is 0 Å². The summed E-state index contributed by atoms with van der Waals surface area (Å²) in [5, 5.41) is 3.55. The SMILES string of the molecule is Cc1nc(OCCNC(=O)c2ccc(Cl)cc2Cl)cc(N2CCOCC2)n1. The summed E-state index contributed by atoms with van der Waals surface area (Å²) in [5.74, 6) is 1.64. The number of aryl methyl sites for hydroxylation is 1. The Labute approximate surface area is 167 Å². The summed E-state index contributed by atoms with van der Waals surface area (Å²) in [5.41, 5.74) is 0.369. The van der Waals surface area contributed by atoms with Crippen molar-refractivity contribution in [2.45, 2.75) is 6.92 Å². The van der Waals surface area contributed by atoms with Gasteiger partial charge in [0.25, 0.3) is 5.91 Å². The van der Waals surface area contributed by atoms with Gasteiger partial charge in [0.05, 0.1) is 30.3 Å². The molecule has 0 saturated carbocycles. The topological polar surface area (TPSA) is 76.6 Å². The fraction of sp³-hybridized carbons (Fsp3) is 0.389. The predicted molar refractivity (Wildman–Crippen MR) is 104 cm³/mol. The first-order chi connectivity index (χ1) is 13.0. The first-order valence-electron chi connectivity index (χ1n) is 8.57. The number of anilines is 1. The number of halogens is 2. The van der Waals surface area contributed by atoms with Crippen molar-refractivity contribution in [1.29, 1.82) is 0 Å². The smallest absolute Gasteiger partial charge is 0.252 e. The summed E-state index contributed by atoms with van der Waals surface area (Å²) in [6.45, 7) is 5.34. The van der Waals surface area contributed by atoms with Gasteiger partial charge in [-0.25, -0.2) is 4.98 Å². The Bertz CT molecular complexity index is 813. The highest BCUT2D eigenvalue weighted by Crippen LogP contribution is 2.21. The van der Waals surface area contributed by atoms with E-state index in [1.165, 1.54) is 6.07 Å². The number of carbonyl (C=O) groups is 1. The first-order valence-corrected chi connectivity index (χ1v) is 9.33. The van der Waals surface area contributed by atoms with Gasteiger partial charge >= 0.3 is 0 Å². The van der Waals surface area contributed by atoms with E-state index in [1.807, 2.05) is 6.92 Å². The van der Waals surface area contributed by atoms with Crippen molar-refractivity contribution in [1.82, 2.24) is 15.3 Å². The molecule has 0 unspecified atom stereocenters. The molecule has 1 aliphatic rings. The second-order valence-electron chi connectivity index (χ2n) is 5.94. The molecular formula is C18H20Cl2N4O3. The second-order valence-corrected chi connectivity index (χ2v) is 6.78. The summed E-state index contributed by atoms with van der Waals surface area (Å²) < 4.78 is 11.0. The van der Waals surface area contributed by atoms with Gasteiger partial charge in [0.1, 0.15) is 18.2 Å². The molecule has 1 saturated heterocycles. The van der Waals surface area contributed by atoms with Crippen LogP contribution in [0.15, 0.2) is 24.3 Å². The molecule has 9 heteroatoms. The third-order valence-electron chi connectivity index (χ3n) is 3.95. The number of aromatic nitrogens is 2. The first kappa shape index (κ1) is 19.7. The zero-order valence-corrected chi connectivity index (χ0v) is 16.4. The zero-order chi connectivity index (χ0) is 19.2. The van der Waals surface area contributed by atoms with Crippen LogP contribution in [0.4, 0.5) is 5.82 Å². The Balaban J connectivity index is 1.52. The average Bonchev–Trinajstić information content (AvgIpc) is 2.65. The highest BCUT2D eigenvalue weighted by molar-refractivity contribution is 6.36. The summed E-state index contributed by atoms with van der Waals surface area (Å²) in [6, 6.07) is 6.54. The van der Waals surface area contributed by atoms with Crippen LogP contribution >= 0.6 is 23.2 Å². The van der Waals surface area contributed by atoms with Crippen molar-refractivity contribution in [3.8, 4) is 5.88 Å². The molecule has 3 rings (SSSR count). The molecule has 0 aliphatic carbocycles. The molecule has 2 aromatic rings. The molecule has 0 spiro atoms. The van der Waals surface area contributed by atoms with E-state index in [4.69, 9.17) is 32.7 Å². The number of hydrogen-bond acceptors (Lipinski definition) is 6. The summed E-state index contributed by atoms with van der Waals surface area (Å²) in [7, 11) is 0. The number of nitrogens with one attached hydrogen (secondary N) is 1. The van der Waals surface area contributed by atoms with E-state index in [1.54, 1.807) is 18.2 Å². The molecule has 1 amide bonds. The molecule has 0 bridgehead atoms. The number of ether oxygens (including phenoxy) is 2. The van der Waals surface area contributed by atoms with E-state index in [9.17, 15) is 4.79 Å². The Morgan fingerprint density at radius 3 is 2.78 bits per heavy atom. The van der Waals surface area contributed by atoms with Crippen LogP contribution in [0.5, 0.6) is 5.88 Å². The minimum atomic E-state index is -0.284. The molecule has 1 aliphatic heterocycles. The standard InChI is InChI=1S/C18H20Cl2N4O3/c1-12-22-16(24-5-8-26-9-6-24)11-17(23-12)27-7-4-21-18(25)14-3-2-13(19)10-15(14)20/h2-3,10-11H,4-9H2,1H3,(H,21,25). The van der Waals surface area contributed by atoms with Crippen molar-refractivity contribution in [3.05, 3.63) is 45.7 Å². The molecule has 27 heavy (non-hydrogen) atoms. The van der Waals surface area contributed by atoms with Crippen molar-refractivity contribution < 1.29 is 14.3 Å². The Hall–Kier alpha value is -2.09. The Kier molecular flexibility index (Phi) is 6.71. The fourth-order valence-electron chi connectivity index (χ4n) is 2.64. The molecule has 1 aromatic heterocycles. The minimum absolute atomic E-state index is 0.274. The lowest BCUT2D eigenvalue weighted by Crippen LogP contribution is -2.37. The molecule has 0 atom stereocenters. The third-order valence-corrected chi connectivity index (χ3v) is 4.50. The van der Waals surface area contributed by atoms with Gasteiger partial charge in [-0.05, 0) is 25.1 Å². The van der Waals surface area contributed by atoms with Crippen LogP contribution in [-0.2, 0) is 4.74 Å². The number of morpholine rings is 1. The van der Waals surface area contributed by atoms with Gasteiger partial charge in [-0.15, -0.1) is 0 Å². The van der Waals surface area contributed by atoms with Crippen LogP contribution in [0.25, 0.3) is 0 Å². The molecular weight excluding hydrogens is 391 g/mol. The lowest BCUT2D eigenvalue weighted by atomic mass is 10.2. The largest absolute Gasteiger partial charge is 0.476 e. The third kappa shape index (κ3) is 5.45. The van der Waals surface area contributed by atoms with E-state index < -0.39 is 0 Å². The lowest BCUT2D eigenvalue weighted by Gasteiger charge is -2.28. The quantitative estimate of drug-likeness (QED) is 0.737. The molecule has 2 heterocycles. The molecule has 1 fully saturated rings. The average molecular weight is 411 g/mol. The zero-order valence-electron chi connectivity index (χ0n) is 14.9. The molecule has 1 N–H and O–H groups in total. The maximum Gasteiger partial charge on any atom is 0.252 e. The number of hydrogen-bond donors (Lipinski definition) is 1. The minimum Gasteiger partial charge on any atom is -0.476 e. The number of nitrogens with zero attached hydrogens (tertiary/aromatic N) is 3. The van der Waals surface area contributed by atoms with E-state index in [0.717, 1.165) is 18.9 Å². The normalized spacial score (nSPS) is 14.1. The predicted octanol–water partition coefficient (Wildman–Crippen LogP) is 2.74. The molecule has 144 valence electrons. The van der Waals surface area contributed by atoms with E-state index in [0.29, 0.717) is 47.1 Å². The Morgan fingerprint density at radius 2 is 2.04 bits per heavy atom. The number of rotatable bonds is 6. The van der Waals surface area contributed by atoms with Gasteiger partial charge in [-0.3, -0.25) is 4.79 Å². The highest BCUT2D eigenvalue weighted by Gasteiger charge is 2.15. The van der Waals surface area contributed by atoms with E-state index in [-0.39, 0.29) is 12.5 Å². The lowest BCUT2D eigenvalue weighted by molar-refractivity contribution is 0.0946. The van der Waals surface area contributed by atoms with Crippen molar-refractivity contribution in [2.75, 3.05) is 44.4 Å². The van der Waals surface area contributed by atoms with Gasteiger partial charge < -0.3 is 19.7 Å². The van der Waals surface area contributed by atoms with Gasteiger partial charge in [-0.2, -0.15) is 4.98 Å². The maximum absolute atomic E-state index is 12.2. The summed E-state index contributed by atoms with van der Waals surface area (Å²) in [4.78, 5) is 23.0. The van der Waals surface area contributed by atoms with E-state index >= 15 is 0 Å². The number of benzene rings is 1. The maximum atomic E-state index is 12.2. The summed E-state index contributed by atoms with van der Waals surface area (Å²) in [6.07, 6.45) is 0. The molecule has 7 nitrogen and oxygen atoms in total. The van der Waals surface area contributed by atoms with Crippen molar-refractivity contribution >= 4 is 34.9 Å². The van der Waals surface area contributed by atoms with Crippen LogP contribution in [-0.4, -0.2) is 55.3 Å². The monoisotopic (exact) mass is 410 g/mol. The Morgan fingerprint density at radius 1 is 1.26 bits per heavy atom. The van der Waals surface area contributed by atoms with Gasteiger partial charge in [0.2, 0.25) is 5.88 Å². The van der Waals surface area contributed by atoms with Crippen LogP contribution in [0, 0.1) is 6.92 Å². The van der Waals surface area contributed by atoms with Crippen molar-refractivity contribution in [3.63, 3.8) is 0 Å². The van der Waals surface area contributed by atoms with Gasteiger partial charge in [0, 0.05) is 24.2 Å².